The molecule has 5 nitrogen and oxygen atoms in total. The molecule has 0 aliphatic carbocycles. The van der Waals surface area contributed by atoms with Gasteiger partial charge in [0.15, 0.2) is 0 Å². The highest BCUT2D eigenvalue weighted by Gasteiger charge is 2.09. The minimum atomic E-state index is -0.573. The van der Waals surface area contributed by atoms with Crippen molar-refractivity contribution < 1.29 is 14.3 Å². The molecule has 0 heterocycles. The van der Waals surface area contributed by atoms with Crippen molar-refractivity contribution in [1.82, 2.24) is 5.32 Å². The van der Waals surface area contributed by atoms with Crippen molar-refractivity contribution in [2.45, 2.75) is 0 Å². The van der Waals surface area contributed by atoms with E-state index in [4.69, 9.17) is 33.7 Å². The number of halogens is 2. The first-order chi connectivity index (χ1) is 12.0. The Bertz CT molecular complexity index is 857. The summed E-state index contributed by atoms with van der Waals surface area (Å²) < 4.78 is 5.40. The molecule has 25 heavy (non-hydrogen) atoms. The molecule has 0 aliphatic rings. The maximum Gasteiger partial charge on any atom is 0.253 e. The summed E-state index contributed by atoms with van der Waals surface area (Å²) in [5, 5.41) is 3.34. The minimum absolute atomic E-state index is 0.0574. The Morgan fingerprint density at radius 2 is 1.84 bits per heavy atom. The molecule has 128 valence electrons. The van der Waals surface area contributed by atoms with Crippen molar-refractivity contribution in [1.29, 1.82) is 0 Å². The fraction of sp³-hybridized carbons (Fsp3) is 0.111. The van der Waals surface area contributed by atoms with Gasteiger partial charge < -0.3 is 15.8 Å². The Morgan fingerprint density at radius 3 is 2.56 bits per heavy atom. The third kappa shape index (κ3) is 5.42. The summed E-state index contributed by atoms with van der Waals surface area (Å²) in [7, 11) is 0. The first-order valence-corrected chi connectivity index (χ1v) is 7.95. The molecule has 2 amide bonds. The predicted molar refractivity (Wildman–Crippen MR) is 97.0 cm³/mol. The lowest BCUT2D eigenvalue weighted by Crippen LogP contribution is -2.24. The molecule has 0 spiro atoms. The van der Waals surface area contributed by atoms with E-state index in [1.165, 1.54) is 12.1 Å². The summed E-state index contributed by atoms with van der Waals surface area (Å²) >= 11 is 11.7. The summed E-state index contributed by atoms with van der Waals surface area (Å²) in [6.07, 6.45) is 0. The van der Waals surface area contributed by atoms with Crippen LogP contribution in [0.15, 0.2) is 42.5 Å². The van der Waals surface area contributed by atoms with Gasteiger partial charge in [-0.2, -0.15) is 0 Å². The van der Waals surface area contributed by atoms with Crippen molar-refractivity contribution in [3.05, 3.63) is 63.6 Å². The summed E-state index contributed by atoms with van der Waals surface area (Å²) in [6.45, 7) is 0.181. The van der Waals surface area contributed by atoms with Gasteiger partial charge in [0, 0.05) is 5.02 Å². The van der Waals surface area contributed by atoms with Gasteiger partial charge in [0.1, 0.15) is 12.4 Å². The molecule has 0 atom stereocenters. The van der Waals surface area contributed by atoms with Crippen LogP contribution in [-0.2, 0) is 0 Å². The van der Waals surface area contributed by atoms with E-state index in [9.17, 15) is 9.59 Å². The monoisotopic (exact) mass is 376 g/mol. The van der Waals surface area contributed by atoms with Crippen LogP contribution in [0.3, 0.4) is 0 Å². The predicted octanol–water partition coefficient (Wildman–Crippen LogP) is 2.90. The molecular formula is C18H14Cl2N2O3. The zero-order valence-corrected chi connectivity index (χ0v) is 14.5. The molecule has 0 unspecified atom stereocenters. The zero-order valence-electron chi connectivity index (χ0n) is 13.0. The molecule has 0 aromatic heterocycles. The summed E-state index contributed by atoms with van der Waals surface area (Å²) in [4.78, 5) is 23.2. The maximum absolute atomic E-state index is 12.0. The van der Waals surface area contributed by atoms with Crippen LogP contribution < -0.4 is 15.8 Å². The molecule has 7 heteroatoms. The van der Waals surface area contributed by atoms with Gasteiger partial charge >= 0.3 is 0 Å². The number of carbonyl (C=O) groups excluding carboxylic acids is 2. The third-order valence-electron chi connectivity index (χ3n) is 3.09. The minimum Gasteiger partial charge on any atom is -0.480 e. The number of hydrogen-bond donors (Lipinski definition) is 2. The number of amides is 2. The molecule has 2 aromatic rings. The van der Waals surface area contributed by atoms with Gasteiger partial charge in [-0.25, -0.2) is 0 Å². The Balaban J connectivity index is 1.84. The molecule has 0 radical (unpaired) electrons. The first-order valence-electron chi connectivity index (χ1n) is 7.19. The number of rotatable bonds is 5. The zero-order chi connectivity index (χ0) is 18.2. The third-order valence-corrected chi connectivity index (χ3v) is 3.64. The van der Waals surface area contributed by atoms with Crippen LogP contribution in [0, 0.1) is 11.8 Å². The van der Waals surface area contributed by atoms with Gasteiger partial charge in [-0.05, 0) is 30.3 Å². The highest BCUT2D eigenvalue weighted by atomic mass is 35.5. The second-order valence-electron chi connectivity index (χ2n) is 4.81. The van der Waals surface area contributed by atoms with E-state index in [0.717, 1.165) is 0 Å². The molecule has 0 bridgehead atoms. The van der Waals surface area contributed by atoms with Gasteiger partial charge in [0.05, 0.1) is 22.7 Å². The van der Waals surface area contributed by atoms with Crippen LogP contribution in [0.25, 0.3) is 0 Å². The standard InChI is InChI=1S/C18H14Cl2N2O3/c19-12-7-8-13(15(20)11-12)18(24)22-9-3-4-10-25-16-6-2-1-5-14(16)17(21)23/h1-2,5-8,11H,9-10H2,(H2,21,23)(H,22,24). The van der Waals surface area contributed by atoms with Gasteiger partial charge in [0.25, 0.3) is 11.8 Å². The molecule has 3 N–H and O–H groups in total. The highest BCUT2D eigenvalue weighted by molar-refractivity contribution is 6.36. The largest absolute Gasteiger partial charge is 0.480 e. The van der Waals surface area contributed by atoms with E-state index in [1.54, 1.807) is 30.3 Å². The number of primary amides is 1. The lowest BCUT2D eigenvalue weighted by molar-refractivity contribution is 0.0957. The van der Waals surface area contributed by atoms with E-state index in [2.05, 4.69) is 17.2 Å². The molecule has 0 fully saturated rings. The number of hydrogen-bond acceptors (Lipinski definition) is 3. The Kier molecular flexibility index (Phi) is 6.70. The molecule has 0 saturated heterocycles. The fourth-order valence-corrected chi connectivity index (χ4v) is 2.41. The van der Waals surface area contributed by atoms with Crippen LogP contribution >= 0.6 is 23.2 Å². The molecule has 2 aromatic carbocycles. The summed E-state index contributed by atoms with van der Waals surface area (Å²) in [6, 6.07) is 11.2. The SMILES string of the molecule is NC(=O)c1ccccc1OCC#CCNC(=O)c1ccc(Cl)cc1Cl. The van der Waals surface area contributed by atoms with Crippen LogP contribution in [0.2, 0.25) is 10.0 Å². The van der Waals surface area contributed by atoms with Crippen molar-refractivity contribution in [2.75, 3.05) is 13.2 Å². The van der Waals surface area contributed by atoms with Crippen LogP contribution in [0.4, 0.5) is 0 Å². The van der Waals surface area contributed by atoms with Crippen LogP contribution in [-0.4, -0.2) is 25.0 Å². The molecule has 0 saturated carbocycles. The number of carbonyl (C=O) groups is 2. The van der Waals surface area contributed by atoms with Gasteiger partial charge in [-0.3, -0.25) is 9.59 Å². The smallest absolute Gasteiger partial charge is 0.253 e. The van der Waals surface area contributed by atoms with E-state index in [1.807, 2.05) is 0 Å². The second kappa shape index (κ2) is 8.97. The quantitative estimate of drug-likeness (QED) is 0.787. The average Bonchev–Trinajstić information content (AvgIpc) is 2.58. The van der Waals surface area contributed by atoms with E-state index in [0.29, 0.717) is 16.3 Å². The lowest BCUT2D eigenvalue weighted by atomic mass is 10.2. The van der Waals surface area contributed by atoms with Crippen molar-refractivity contribution in [3.8, 4) is 17.6 Å². The second-order valence-corrected chi connectivity index (χ2v) is 5.65. The van der Waals surface area contributed by atoms with Gasteiger partial charge in [0.2, 0.25) is 0 Å². The number of para-hydroxylation sites is 1. The Hall–Kier alpha value is -2.68. The fourth-order valence-electron chi connectivity index (χ4n) is 1.92. The highest BCUT2D eigenvalue weighted by Crippen LogP contribution is 2.20. The Morgan fingerprint density at radius 1 is 1.08 bits per heavy atom. The number of benzene rings is 2. The number of nitrogens with two attached hydrogens (primary N) is 1. The van der Waals surface area contributed by atoms with Gasteiger partial charge in [-0.15, -0.1) is 0 Å². The van der Waals surface area contributed by atoms with Crippen molar-refractivity contribution in [3.63, 3.8) is 0 Å². The number of ether oxygens (including phenoxy) is 1. The van der Waals surface area contributed by atoms with Crippen LogP contribution in [0.5, 0.6) is 5.75 Å². The molecule has 2 rings (SSSR count). The normalized spacial score (nSPS) is 9.68. The van der Waals surface area contributed by atoms with Gasteiger partial charge in [-0.1, -0.05) is 47.2 Å². The Labute approximate surface area is 155 Å². The van der Waals surface area contributed by atoms with Crippen molar-refractivity contribution in [2.24, 2.45) is 5.73 Å². The molecule has 0 aliphatic heterocycles. The van der Waals surface area contributed by atoms with Crippen molar-refractivity contribution >= 4 is 35.0 Å². The first kappa shape index (κ1) is 18.7. The number of nitrogens with one attached hydrogen (secondary N) is 1. The van der Waals surface area contributed by atoms with E-state index >= 15 is 0 Å². The maximum atomic E-state index is 12.0. The topological polar surface area (TPSA) is 81.4 Å². The molecular weight excluding hydrogens is 363 g/mol. The summed E-state index contributed by atoms with van der Waals surface area (Å²) in [5.74, 6) is 4.92. The van der Waals surface area contributed by atoms with Crippen LogP contribution in [0.1, 0.15) is 20.7 Å². The average molecular weight is 377 g/mol. The van der Waals surface area contributed by atoms with E-state index in [-0.39, 0.29) is 29.6 Å². The summed E-state index contributed by atoms with van der Waals surface area (Å²) in [5.41, 5.74) is 5.86. The van der Waals surface area contributed by atoms with E-state index < -0.39 is 5.91 Å². The lowest BCUT2D eigenvalue weighted by Gasteiger charge is -2.06.